The molecule has 0 fully saturated rings. The van der Waals surface area contributed by atoms with Gasteiger partial charge in [0.25, 0.3) is 0 Å². The minimum Gasteiger partial charge on any atom is -0.236 e. The highest BCUT2D eigenvalue weighted by Gasteiger charge is 2.08. The Kier molecular flexibility index (Phi) is 3.40. The Morgan fingerprint density at radius 3 is 2.21 bits per heavy atom. The van der Waals surface area contributed by atoms with Crippen LogP contribution in [0.1, 0.15) is 5.56 Å². The lowest BCUT2D eigenvalue weighted by Crippen LogP contribution is -1.89. The summed E-state index contributed by atoms with van der Waals surface area (Å²) < 4.78 is 0. The van der Waals surface area contributed by atoms with Crippen molar-refractivity contribution in [2.24, 2.45) is 0 Å². The topological polar surface area (TPSA) is 25.8 Å². The van der Waals surface area contributed by atoms with Gasteiger partial charge >= 0.3 is 0 Å². The summed E-state index contributed by atoms with van der Waals surface area (Å²) in [5.41, 5.74) is 2.92. The third-order valence-electron chi connectivity index (χ3n) is 2.73. The standard InChI is InChI=1S/C15H11ClN2S/c1-10-6-8-11(9-7-10)19-15-14(16)17-12-4-2-3-5-13(12)18-15/h2-9H,1H3. The van der Waals surface area contributed by atoms with Gasteiger partial charge in [-0.25, -0.2) is 9.97 Å². The highest BCUT2D eigenvalue weighted by Crippen LogP contribution is 2.31. The first-order valence-corrected chi connectivity index (χ1v) is 7.08. The molecule has 0 saturated carbocycles. The van der Waals surface area contributed by atoms with Crippen LogP contribution in [-0.2, 0) is 0 Å². The molecule has 1 heterocycles. The van der Waals surface area contributed by atoms with Crippen LogP contribution in [-0.4, -0.2) is 9.97 Å². The predicted molar refractivity (Wildman–Crippen MR) is 79.9 cm³/mol. The maximum Gasteiger partial charge on any atom is 0.162 e. The van der Waals surface area contributed by atoms with Crippen molar-refractivity contribution in [2.75, 3.05) is 0 Å². The van der Waals surface area contributed by atoms with Crippen LogP contribution >= 0.6 is 23.4 Å². The van der Waals surface area contributed by atoms with E-state index in [1.807, 2.05) is 24.3 Å². The summed E-state index contributed by atoms with van der Waals surface area (Å²) in [6, 6.07) is 16.0. The van der Waals surface area contributed by atoms with Crippen LogP contribution in [0.5, 0.6) is 0 Å². The second-order valence-corrected chi connectivity index (χ2v) is 5.64. The van der Waals surface area contributed by atoms with Crippen molar-refractivity contribution in [3.05, 3.63) is 59.2 Å². The maximum atomic E-state index is 6.19. The molecular formula is C15H11ClN2S. The molecule has 0 atom stereocenters. The van der Waals surface area contributed by atoms with Gasteiger partial charge < -0.3 is 0 Å². The molecule has 0 radical (unpaired) electrons. The van der Waals surface area contributed by atoms with Gasteiger partial charge in [-0.1, -0.05) is 53.2 Å². The first kappa shape index (κ1) is 12.5. The predicted octanol–water partition coefficient (Wildman–Crippen LogP) is 4.74. The zero-order valence-electron chi connectivity index (χ0n) is 10.3. The lowest BCUT2D eigenvalue weighted by molar-refractivity contribution is 1.12. The van der Waals surface area contributed by atoms with Crippen LogP contribution in [0.4, 0.5) is 0 Å². The molecule has 3 rings (SSSR count). The minimum atomic E-state index is 0.448. The van der Waals surface area contributed by atoms with Gasteiger partial charge in [0.1, 0.15) is 5.03 Å². The number of rotatable bonds is 2. The van der Waals surface area contributed by atoms with Crippen molar-refractivity contribution >= 4 is 34.4 Å². The molecule has 0 N–H and O–H groups in total. The van der Waals surface area contributed by atoms with E-state index in [9.17, 15) is 0 Å². The van der Waals surface area contributed by atoms with Crippen LogP contribution in [0, 0.1) is 6.92 Å². The molecule has 0 saturated heterocycles. The lowest BCUT2D eigenvalue weighted by atomic mass is 10.2. The van der Waals surface area contributed by atoms with E-state index in [4.69, 9.17) is 11.6 Å². The summed E-state index contributed by atoms with van der Waals surface area (Å²) >= 11 is 7.72. The van der Waals surface area contributed by atoms with Crippen LogP contribution in [0.15, 0.2) is 58.5 Å². The molecular weight excluding hydrogens is 276 g/mol. The second-order valence-electron chi connectivity index (χ2n) is 4.22. The van der Waals surface area contributed by atoms with Gasteiger partial charge in [0.2, 0.25) is 0 Å². The number of hydrogen-bond donors (Lipinski definition) is 0. The summed E-state index contributed by atoms with van der Waals surface area (Å²) in [7, 11) is 0. The molecule has 2 nitrogen and oxygen atoms in total. The van der Waals surface area contributed by atoms with Gasteiger partial charge in [0.05, 0.1) is 11.0 Å². The van der Waals surface area contributed by atoms with Crippen LogP contribution < -0.4 is 0 Å². The third-order valence-corrected chi connectivity index (χ3v) is 4.10. The fraction of sp³-hybridized carbons (Fsp3) is 0.0667. The molecule has 0 bridgehead atoms. The molecule has 2 aromatic carbocycles. The molecule has 1 aromatic heterocycles. The van der Waals surface area contributed by atoms with Gasteiger partial charge in [-0.05, 0) is 31.2 Å². The smallest absolute Gasteiger partial charge is 0.162 e. The Morgan fingerprint density at radius 2 is 1.53 bits per heavy atom. The normalized spacial score (nSPS) is 10.8. The molecule has 0 spiro atoms. The summed E-state index contributed by atoms with van der Waals surface area (Å²) in [6.07, 6.45) is 0. The third kappa shape index (κ3) is 2.72. The SMILES string of the molecule is Cc1ccc(Sc2nc3ccccc3nc2Cl)cc1. The average Bonchev–Trinajstić information content (AvgIpc) is 2.42. The monoisotopic (exact) mass is 286 g/mol. The number of para-hydroxylation sites is 2. The van der Waals surface area contributed by atoms with E-state index < -0.39 is 0 Å². The number of aromatic nitrogens is 2. The van der Waals surface area contributed by atoms with E-state index in [1.54, 1.807) is 0 Å². The fourth-order valence-electron chi connectivity index (χ4n) is 1.75. The highest BCUT2D eigenvalue weighted by atomic mass is 35.5. The van der Waals surface area contributed by atoms with Gasteiger partial charge in [0, 0.05) is 4.90 Å². The van der Waals surface area contributed by atoms with Crippen LogP contribution in [0.3, 0.4) is 0 Å². The zero-order chi connectivity index (χ0) is 13.2. The first-order valence-electron chi connectivity index (χ1n) is 5.89. The number of fused-ring (bicyclic) bond motifs is 1. The van der Waals surface area contributed by atoms with Gasteiger partial charge in [0.15, 0.2) is 5.15 Å². The minimum absolute atomic E-state index is 0.448. The van der Waals surface area contributed by atoms with E-state index in [0.717, 1.165) is 21.0 Å². The molecule has 0 amide bonds. The Hall–Kier alpha value is -1.58. The van der Waals surface area contributed by atoms with Gasteiger partial charge in [-0.15, -0.1) is 0 Å². The Bertz CT molecular complexity index is 726. The van der Waals surface area contributed by atoms with E-state index in [-0.39, 0.29) is 0 Å². The Labute approximate surface area is 120 Å². The fourth-order valence-corrected chi connectivity index (χ4v) is 2.76. The van der Waals surface area contributed by atoms with Crippen molar-refractivity contribution in [3.63, 3.8) is 0 Å². The van der Waals surface area contributed by atoms with Crippen molar-refractivity contribution in [2.45, 2.75) is 16.8 Å². The summed E-state index contributed by atoms with van der Waals surface area (Å²) in [5.74, 6) is 0. The van der Waals surface area contributed by atoms with Crippen LogP contribution in [0.25, 0.3) is 11.0 Å². The van der Waals surface area contributed by atoms with Gasteiger partial charge in [-0.3, -0.25) is 0 Å². The van der Waals surface area contributed by atoms with Crippen LogP contribution in [0.2, 0.25) is 5.15 Å². The zero-order valence-corrected chi connectivity index (χ0v) is 11.9. The Balaban J connectivity index is 2.00. The molecule has 4 heteroatoms. The second kappa shape index (κ2) is 5.19. The summed E-state index contributed by atoms with van der Waals surface area (Å²) in [4.78, 5) is 10.0. The van der Waals surface area contributed by atoms with Crippen molar-refractivity contribution in [1.29, 1.82) is 0 Å². The molecule has 0 aliphatic carbocycles. The molecule has 0 aliphatic rings. The first-order chi connectivity index (χ1) is 9.22. The number of nitrogens with zero attached hydrogens (tertiary/aromatic N) is 2. The Morgan fingerprint density at radius 1 is 0.895 bits per heavy atom. The molecule has 3 aromatic rings. The van der Waals surface area contributed by atoms with Gasteiger partial charge in [-0.2, -0.15) is 0 Å². The van der Waals surface area contributed by atoms with Crippen molar-refractivity contribution < 1.29 is 0 Å². The maximum absolute atomic E-state index is 6.19. The molecule has 94 valence electrons. The van der Waals surface area contributed by atoms with E-state index in [1.165, 1.54) is 17.3 Å². The summed E-state index contributed by atoms with van der Waals surface area (Å²) in [5, 5.41) is 1.19. The molecule has 0 unspecified atom stereocenters. The van der Waals surface area contributed by atoms with E-state index in [0.29, 0.717) is 5.15 Å². The number of hydrogen-bond acceptors (Lipinski definition) is 3. The van der Waals surface area contributed by atoms with E-state index in [2.05, 4.69) is 41.2 Å². The number of benzene rings is 2. The molecule has 0 aliphatic heterocycles. The largest absolute Gasteiger partial charge is 0.236 e. The van der Waals surface area contributed by atoms with E-state index >= 15 is 0 Å². The van der Waals surface area contributed by atoms with Crippen molar-refractivity contribution in [3.8, 4) is 0 Å². The quantitative estimate of drug-likeness (QED) is 0.680. The number of aryl methyl sites for hydroxylation is 1. The lowest BCUT2D eigenvalue weighted by Gasteiger charge is -2.05. The molecule has 19 heavy (non-hydrogen) atoms. The highest BCUT2D eigenvalue weighted by molar-refractivity contribution is 7.99. The summed E-state index contributed by atoms with van der Waals surface area (Å²) in [6.45, 7) is 2.07. The average molecular weight is 287 g/mol. The van der Waals surface area contributed by atoms with Crippen molar-refractivity contribution in [1.82, 2.24) is 9.97 Å². The number of halogens is 1.